The molecule has 2 rings (SSSR count). The molecule has 0 aromatic heterocycles. The molecule has 0 aliphatic carbocycles. The third kappa shape index (κ3) is 3.82. The highest BCUT2D eigenvalue weighted by atomic mass is 35.5. The summed E-state index contributed by atoms with van der Waals surface area (Å²) in [5.41, 5.74) is 0.922. The van der Waals surface area contributed by atoms with Crippen LogP contribution in [-0.2, 0) is 4.79 Å². The van der Waals surface area contributed by atoms with Gasteiger partial charge in [0.05, 0.1) is 18.2 Å². The highest BCUT2D eigenvalue weighted by Crippen LogP contribution is 2.39. The molecule has 4 nitrogen and oxygen atoms in total. The normalized spacial score (nSPS) is 17.0. The molecular formula is C15H20Cl2N2O2. The predicted octanol–water partition coefficient (Wildman–Crippen LogP) is 3.28. The van der Waals surface area contributed by atoms with Gasteiger partial charge in [0.1, 0.15) is 5.75 Å². The van der Waals surface area contributed by atoms with E-state index in [2.05, 4.69) is 5.32 Å². The van der Waals surface area contributed by atoms with Gasteiger partial charge in [0.15, 0.2) is 0 Å². The molecule has 1 unspecified atom stereocenters. The van der Waals surface area contributed by atoms with Crippen LogP contribution in [0.4, 0.5) is 0 Å². The molecule has 1 aliphatic rings. The molecule has 1 heterocycles. The molecule has 1 aromatic carbocycles. The van der Waals surface area contributed by atoms with Crippen LogP contribution in [0.5, 0.6) is 5.75 Å². The first-order valence-corrected chi connectivity index (χ1v) is 7.95. The Morgan fingerprint density at radius 3 is 2.76 bits per heavy atom. The van der Waals surface area contributed by atoms with Gasteiger partial charge in [-0.25, -0.2) is 0 Å². The first-order chi connectivity index (χ1) is 10.1. The molecule has 1 atom stereocenters. The van der Waals surface area contributed by atoms with Gasteiger partial charge in [0, 0.05) is 36.1 Å². The highest BCUT2D eigenvalue weighted by Gasteiger charge is 2.25. The van der Waals surface area contributed by atoms with Crippen LogP contribution in [0.25, 0.3) is 0 Å². The Hall–Kier alpha value is -0.970. The zero-order valence-corrected chi connectivity index (χ0v) is 13.8. The molecule has 6 heteroatoms. The molecule has 0 saturated heterocycles. The summed E-state index contributed by atoms with van der Waals surface area (Å²) in [5, 5.41) is 4.38. The van der Waals surface area contributed by atoms with Crippen LogP contribution in [-0.4, -0.2) is 37.0 Å². The lowest BCUT2D eigenvalue weighted by Gasteiger charge is -2.28. The van der Waals surface area contributed by atoms with Crippen molar-refractivity contribution in [1.29, 1.82) is 0 Å². The molecule has 0 spiro atoms. The second kappa shape index (κ2) is 7.34. The summed E-state index contributed by atoms with van der Waals surface area (Å²) in [6.45, 7) is 6.27. The van der Waals surface area contributed by atoms with E-state index in [-0.39, 0.29) is 11.9 Å². The number of hydrogen-bond donors (Lipinski definition) is 1. The molecule has 0 bridgehead atoms. The van der Waals surface area contributed by atoms with Gasteiger partial charge in [0.2, 0.25) is 5.91 Å². The summed E-state index contributed by atoms with van der Waals surface area (Å²) in [4.78, 5) is 13.9. The van der Waals surface area contributed by atoms with Gasteiger partial charge in [-0.3, -0.25) is 4.79 Å². The SMILES string of the molecule is CCN(CC)C(=O)CNC1CCOc2c(Cl)cc(Cl)cc21. The van der Waals surface area contributed by atoms with Gasteiger partial charge >= 0.3 is 0 Å². The van der Waals surface area contributed by atoms with Crippen molar-refractivity contribution in [2.45, 2.75) is 26.3 Å². The van der Waals surface area contributed by atoms with Crippen LogP contribution in [0.2, 0.25) is 10.0 Å². The van der Waals surface area contributed by atoms with E-state index in [1.54, 1.807) is 11.0 Å². The number of ether oxygens (including phenoxy) is 1. The number of amides is 1. The van der Waals surface area contributed by atoms with Gasteiger partial charge < -0.3 is 15.0 Å². The Bertz CT molecular complexity index is 519. The van der Waals surface area contributed by atoms with E-state index >= 15 is 0 Å². The van der Waals surface area contributed by atoms with Gasteiger partial charge in [-0.05, 0) is 26.0 Å². The monoisotopic (exact) mass is 330 g/mol. The number of hydrogen-bond acceptors (Lipinski definition) is 3. The topological polar surface area (TPSA) is 41.6 Å². The molecule has 1 aromatic rings. The van der Waals surface area contributed by atoms with Crippen LogP contribution in [0.3, 0.4) is 0 Å². The van der Waals surface area contributed by atoms with Crippen molar-refractivity contribution in [1.82, 2.24) is 10.2 Å². The fraction of sp³-hybridized carbons (Fsp3) is 0.533. The fourth-order valence-electron chi connectivity index (χ4n) is 2.54. The Labute approximate surface area is 135 Å². The molecule has 21 heavy (non-hydrogen) atoms. The van der Waals surface area contributed by atoms with Crippen molar-refractivity contribution in [2.75, 3.05) is 26.2 Å². The van der Waals surface area contributed by atoms with Gasteiger partial charge in [0.25, 0.3) is 0 Å². The first kappa shape index (κ1) is 16.4. The number of nitrogens with one attached hydrogen (secondary N) is 1. The van der Waals surface area contributed by atoms with Gasteiger partial charge in [-0.15, -0.1) is 0 Å². The summed E-state index contributed by atoms with van der Waals surface area (Å²) in [6.07, 6.45) is 0.787. The Morgan fingerprint density at radius 1 is 1.38 bits per heavy atom. The highest BCUT2D eigenvalue weighted by molar-refractivity contribution is 6.35. The molecule has 1 aliphatic heterocycles. The quantitative estimate of drug-likeness (QED) is 0.900. The number of benzene rings is 1. The first-order valence-electron chi connectivity index (χ1n) is 7.19. The second-order valence-electron chi connectivity index (χ2n) is 4.94. The number of halogens is 2. The van der Waals surface area contributed by atoms with Crippen molar-refractivity contribution >= 4 is 29.1 Å². The molecule has 1 N–H and O–H groups in total. The lowest BCUT2D eigenvalue weighted by molar-refractivity contribution is -0.130. The number of carbonyl (C=O) groups is 1. The van der Waals surface area contributed by atoms with Crippen LogP contribution >= 0.6 is 23.2 Å². The maximum Gasteiger partial charge on any atom is 0.236 e. The lowest BCUT2D eigenvalue weighted by atomic mass is 10.0. The third-order valence-corrected chi connectivity index (χ3v) is 4.18. The predicted molar refractivity (Wildman–Crippen MR) is 85.2 cm³/mol. The molecule has 0 fully saturated rings. The molecule has 0 radical (unpaired) electrons. The van der Waals surface area contributed by atoms with Crippen molar-refractivity contribution in [3.8, 4) is 5.75 Å². The zero-order chi connectivity index (χ0) is 15.4. The van der Waals surface area contributed by atoms with E-state index in [9.17, 15) is 4.79 Å². The maximum atomic E-state index is 12.1. The standard InChI is InChI=1S/C15H20Cl2N2O2/c1-3-19(4-2)14(20)9-18-13-5-6-21-15-11(13)7-10(16)8-12(15)17/h7-8,13,18H,3-6,9H2,1-2H3. The third-order valence-electron chi connectivity index (χ3n) is 3.68. The van der Waals surface area contributed by atoms with E-state index in [1.807, 2.05) is 19.9 Å². The van der Waals surface area contributed by atoms with E-state index < -0.39 is 0 Å². The van der Waals surface area contributed by atoms with Crippen LogP contribution in [0, 0.1) is 0 Å². The minimum atomic E-state index is 0.0319. The Kier molecular flexibility index (Phi) is 5.73. The fourth-order valence-corrected chi connectivity index (χ4v) is 3.10. The number of nitrogens with zero attached hydrogens (tertiary/aromatic N) is 1. The van der Waals surface area contributed by atoms with E-state index in [4.69, 9.17) is 27.9 Å². The summed E-state index contributed by atoms with van der Waals surface area (Å²) >= 11 is 12.2. The molecule has 1 amide bonds. The lowest BCUT2D eigenvalue weighted by Crippen LogP contribution is -2.40. The van der Waals surface area contributed by atoms with Crippen molar-refractivity contribution in [3.05, 3.63) is 27.7 Å². The average molecular weight is 331 g/mol. The summed E-state index contributed by atoms with van der Waals surface area (Å²) in [5.74, 6) is 0.765. The summed E-state index contributed by atoms with van der Waals surface area (Å²) in [6, 6.07) is 3.55. The van der Waals surface area contributed by atoms with Crippen LogP contribution in [0.15, 0.2) is 12.1 Å². The van der Waals surface area contributed by atoms with E-state index in [1.165, 1.54) is 0 Å². The number of rotatable bonds is 5. The number of fused-ring (bicyclic) bond motifs is 1. The summed E-state index contributed by atoms with van der Waals surface area (Å²) < 4.78 is 5.61. The van der Waals surface area contributed by atoms with Crippen LogP contribution in [0.1, 0.15) is 31.9 Å². The van der Waals surface area contributed by atoms with Gasteiger partial charge in [-0.2, -0.15) is 0 Å². The molecule has 116 valence electrons. The number of likely N-dealkylation sites (N-methyl/N-ethyl adjacent to an activating group) is 1. The van der Waals surface area contributed by atoms with Crippen LogP contribution < -0.4 is 10.1 Å². The number of carbonyl (C=O) groups excluding carboxylic acids is 1. The summed E-state index contributed by atoms with van der Waals surface area (Å²) in [7, 11) is 0. The largest absolute Gasteiger partial charge is 0.492 e. The average Bonchev–Trinajstić information content (AvgIpc) is 2.46. The zero-order valence-electron chi connectivity index (χ0n) is 12.3. The Morgan fingerprint density at radius 2 is 2.10 bits per heavy atom. The van der Waals surface area contributed by atoms with Crippen molar-refractivity contribution < 1.29 is 9.53 Å². The van der Waals surface area contributed by atoms with Crippen molar-refractivity contribution in [3.63, 3.8) is 0 Å². The molecule has 0 saturated carbocycles. The second-order valence-corrected chi connectivity index (χ2v) is 5.79. The smallest absolute Gasteiger partial charge is 0.236 e. The van der Waals surface area contributed by atoms with Gasteiger partial charge in [-0.1, -0.05) is 23.2 Å². The maximum absolute atomic E-state index is 12.1. The molecular weight excluding hydrogens is 311 g/mol. The minimum Gasteiger partial charge on any atom is -0.492 e. The van der Waals surface area contributed by atoms with Crippen molar-refractivity contribution in [2.24, 2.45) is 0 Å². The minimum absolute atomic E-state index is 0.0319. The Balaban J connectivity index is 2.09. The van der Waals surface area contributed by atoms with E-state index in [0.717, 1.165) is 25.1 Å². The van der Waals surface area contributed by atoms with E-state index in [0.29, 0.717) is 28.9 Å².